The van der Waals surface area contributed by atoms with Crippen LogP contribution >= 0.6 is 11.8 Å². The molecule has 0 saturated carbocycles. The first-order valence-electron chi connectivity index (χ1n) is 6.91. The third-order valence-electron chi connectivity index (χ3n) is 3.40. The molecule has 110 valence electrons. The SMILES string of the molecule is C[C@@H](CO)CS[C@@H]1CCCN(c2cccc(F)c2)C1=O. The zero-order chi connectivity index (χ0) is 14.5. The average molecular weight is 297 g/mol. The number of amides is 1. The van der Waals surface area contributed by atoms with E-state index in [1.807, 2.05) is 6.92 Å². The lowest BCUT2D eigenvalue weighted by molar-refractivity contribution is -0.119. The highest BCUT2D eigenvalue weighted by Gasteiger charge is 2.30. The molecule has 1 aromatic rings. The fourth-order valence-electron chi connectivity index (χ4n) is 2.23. The Morgan fingerprint density at radius 2 is 2.35 bits per heavy atom. The number of rotatable bonds is 5. The molecule has 1 saturated heterocycles. The molecule has 1 aliphatic rings. The molecule has 1 fully saturated rings. The summed E-state index contributed by atoms with van der Waals surface area (Å²) in [5.74, 6) is 0.692. The number of aliphatic hydroxyl groups excluding tert-OH is 1. The fourth-order valence-corrected chi connectivity index (χ4v) is 3.50. The molecule has 0 spiro atoms. The molecular formula is C15H20FNO2S. The lowest BCUT2D eigenvalue weighted by Gasteiger charge is -2.32. The van der Waals surface area contributed by atoms with Gasteiger partial charge in [0.2, 0.25) is 5.91 Å². The van der Waals surface area contributed by atoms with Crippen LogP contribution in [0.2, 0.25) is 0 Å². The first-order chi connectivity index (χ1) is 9.61. The summed E-state index contributed by atoms with van der Waals surface area (Å²) in [6.07, 6.45) is 1.78. The van der Waals surface area contributed by atoms with E-state index < -0.39 is 0 Å². The summed E-state index contributed by atoms with van der Waals surface area (Å²) in [5, 5.41) is 8.96. The summed E-state index contributed by atoms with van der Waals surface area (Å²) in [6, 6.07) is 6.18. The van der Waals surface area contributed by atoms with Crippen molar-refractivity contribution in [3.8, 4) is 0 Å². The van der Waals surface area contributed by atoms with Crippen molar-refractivity contribution in [3.05, 3.63) is 30.1 Å². The van der Waals surface area contributed by atoms with Crippen molar-refractivity contribution in [2.45, 2.75) is 25.0 Å². The van der Waals surface area contributed by atoms with Gasteiger partial charge < -0.3 is 10.0 Å². The number of carbonyl (C=O) groups excluding carboxylic acids is 1. The molecule has 2 rings (SSSR count). The number of hydrogen-bond acceptors (Lipinski definition) is 3. The van der Waals surface area contributed by atoms with E-state index in [0.29, 0.717) is 12.2 Å². The summed E-state index contributed by atoms with van der Waals surface area (Å²) in [5.41, 5.74) is 0.635. The second kappa shape index (κ2) is 7.09. The molecule has 3 nitrogen and oxygen atoms in total. The Morgan fingerprint density at radius 3 is 3.05 bits per heavy atom. The fraction of sp³-hybridized carbons (Fsp3) is 0.533. The molecule has 5 heteroatoms. The van der Waals surface area contributed by atoms with Crippen LogP contribution in [-0.2, 0) is 4.79 Å². The Balaban J connectivity index is 2.03. The van der Waals surface area contributed by atoms with E-state index in [1.54, 1.807) is 28.8 Å². The second-order valence-corrected chi connectivity index (χ2v) is 6.46. The third kappa shape index (κ3) is 3.73. The standard InChI is InChI=1S/C15H20FNO2S/c1-11(9-18)10-20-14-6-3-7-17(15(14)19)13-5-2-4-12(16)8-13/h2,4-5,8,11,14,18H,3,6-7,9-10H2,1H3/t11-,14+/m0/s1. The lowest BCUT2D eigenvalue weighted by atomic mass is 10.1. The molecule has 1 aliphatic heterocycles. The number of piperidine rings is 1. The van der Waals surface area contributed by atoms with Crippen LogP contribution in [0, 0.1) is 11.7 Å². The van der Waals surface area contributed by atoms with Gasteiger partial charge in [-0.25, -0.2) is 4.39 Å². The van der Waals surface area contributed by atoms with E-state index in [2.05, 4.69) is 0 Å². The number of carbonyl (C=O) groups is 1. The van der Waals surface area contributed by atoms with Crippen molar-refractivity contribution in [1.82, 2.24) is 0 Å². The zero-order valence-corrected chi connectivity index (χ0v) is 12.4. The van der Waals surface area contributed by atoms with Crippen LogP contribution in [0.15, 0.2) is 24.3 Å². The van der Waals surface area contributed by atoms with Gasteiger partial charge in [-0.05, 0) is 42.7 Å². The van der Waals surface area contributed by atoms with Crippen LogP contribution in [0.25, 0.3) is 0 Å². The Bertz CT molecular complexity index is 469. The van der Waals surface area contributed by atoms with Gasteiger partial charge in [-0.3, -0.25) is 4.79 Å². The first kappa shape index (κ1) is 15.3. The van der Waals surface area contributed by atoms with Crippen molar-refractivity contribution in [2.75, 3.05) is 23.8 Å². The number of hydrogen-bond donors (Lipinski definition) is 1. The van der Waals surface area contributed by atoms with E-state index in [9.17, 15) is 9.18 Å². The molecule has 0 radical (unpaired) electrons. The first-order valence-corrected chi connectivity index (χ1v) is 7.96. The molecule has 0 aliphatic carbocycles. The van der Waals surface area contributed by atoms with E-state index in [4.69, 9.17) is 5.11 Å². The summed E-state index contributed by atoms with van der Waals surface area (Å²) < 4.78 is 13.3. The summed E-state index contributed by atoms with van der Waals surface area (Å²) in [6.45, 7) is 2.75. The molecule has 20 heavy (non-hydrogen) atoms. The smallest absolute Gasteiger partial charge is 0.240 e. The van der Waals surface area contributed by atoms with Crippen LogP contribution in [0.4, 0.5) is 10.1 Å². The minimum Gasteiger partial charge on any atom is -0.396 e. The average Bonchev–Trinajstić information content (AvgIpc) is 2.45. The Hall–Kier alpha value is -1.07. The number of benzene rings is 1. The maximum Gasteiger partial charge on any atom is 0.240 e. The van der Waals surface area contributed by atoms with E-state index >= 15 is 0 Å². The number of halogens is 1. The van der Waals surface area contributed by atoms with Crippen LogP contribution < -0.4 is 4.90 Å². The van der Waals surface area contributed by atoms with Gasteiger partial charge in [-0.2, -0.15) is 0 Å². The quantitative estimate of drug-likeness (QED) is 0.908. The Kier molecular flexibility index (Phi) is 5.43. The van der Waals surface area contributed by atoms with Crippen molar-refractivity contribution in [1.29, 1.82) is 0 Å². The van der Waals surface area contributed by atoms with Crippen molar-refractivity contribution in [3.63, 3.8) is 0 Å². The molecule has 0 aromatic heterocycles. The maximum absolute atomic E-state index is 13.3. The van der Waals surface area contributed by atoms with Crippen molar-refractivity contribution in [2.24, 2.45) is 5.92 Å². The zero-order valence-electron chi connectivity index (χ0n) is 11.6. The number of thioether (sulfide) groups is 1. The van der Waals surface area contributed by atoms with Gasteiger partial charge in [-0.15, -0.1) is 11.8 Å². The van der Waals surface area contributed by atoms with Gasteiger partial charge in [0.05, 0.1) is 5.25 Å². The number of aliphatic hydroxyl groups is 1. The molecule has 1 heterocycles. The maximum atomic E-state index is 13.3. The topological polar surface area (TPSA) is 40.5 Å². The molecule has 0 unspecified atom stereocenters. The van der Waals surface area contributed by atoms with E-state index in [0.717, 1.165) is 18.6 Å². The van der Waals surface area contributed by atoms with Gasteiger partial charge >= 0.3 is 0 Å². The minimum atomic E-state index is -0.320. The molecule has 1 N–H and O–H groups in total. The highest BCUT2D eigenvalue weighted by molar-refractivity contribution is 8.00. The van der Waals surface area contributed by atoms with E-state index in [-0.39, 0.29) is 29.5 Å². The molecule has 1 aromatic carbocycles. The number of anilines is 1. The second-order valence-electron chi connectivity index (χ2n) is 5.22. The normalized spacial score (nSPS) is 21.1. The van der Waals surface area contributed by atoms with Crippen LogP contribution in [0.5, 0.6) is 0 Å². The van der Waals surface area contributed by atoms with Gasteiger partial charge in [0, 0.05) is 18.8 Å². The molecular weight excluding hydrogens is 277 g/mol. The molecule has 0 bridgehead atoms. The highest BCUT2D eigenvalue weighted by atomic mass is 32.2. The van der Waals surface area contributed by atoms with Crippen LogP contribution in [0.1, 0.15) is 19.8 Å². The van der Waals surface area contributed by atoms with Crippen molar-refractivity contribution >= 4 is 23.4 Å². The summed E-state index contributed by atoms with van der Waals surface area (Å²) in [4.78, 5) is 14.1. The lowest BCUT2D eigenvalue weighted by Crippen LogP contribution is -2.43. The summed E-state index contributed by atoms with van der Waals surface area (Å²) >= 11 is 1.60. The number of nitrogens with zero attached hydrogens (tertiary/aromatic N) is 1. The van der Waals surface area contributed by atoms with Crippen LogP contribution in [0.3, 0.4) is 0 Å². The van der Waals surface area contributed by atoms with Gasteiger partial charge in [0.15, 0.2) is 0 Å². The Morgan fingerprint density at radius 1 is 1.55 bits per heavy atom. The van der Waals surface area contributed by atoms with Gasteiger partial charge in [0.1, 0.15) is 5.82 Å². The van der Waals surface area contributed by atoms with Crippen molar-refractivity contribution < 1.29 is 14.3 Å². The molecule has 1 amide bonds. The monoisotopic (exact) mass is 297 g/mol. The minimum absolute atomic E-state index is 0.0528. The van der Waals surface area contributed by atoms with Crippen LogP contribution in [-0.4, -0.2) is 35.2 Å². The largest absolute Gasteiger partial charge is 0.396 e. The van der Waals surface area contributed by atoms with E-state index in [1.165, 1.54) is 12.1 Å². The Labute approximate surface area is 123 Å². The highest BCUT2D eigenvalue weighted by Crippen LogP contribution is 2.29. The molecule has 2 atom stereocenters. The predicted octanol–water partition coefficient (Wildman–Crippen LogP) is 2.68. The van der Waals surface area contributed by atoms with Gasteiger partial charge in [-0.1, -0.05) is 13.0 Å². The third-order valence-corrected chi connectivity index (χ3v) is 5.00. The summed E-state index contributed by atoms with van der Waals surface area (Å²) in [7, 11) is 0. The predicted molar refractivity (Wildman–Crippen MR) is 80.5 cm³/mol. The van der Waals surface area contributed by atoms with Gasteiger partial charge in [0.25, 0.3) is 0 Å².